The lowest BCUT2D eigenvalue weighted by molar-refractivity contribution is -0.348. The van der Waals surface area contributed by atoms with Crippen LogP contribution in [0, 0.1) is 0 Å². The van der Waals surface area contributed by atoms with Crippen molar-refractivity contribution in [2.24, 2.45) is 0 Å². The van der Waals surface area contributed by atoms with Crippen molar-refractivity contribution in [1.82, 2.24) is 5.32 Å². The van der Waals surface area contributed by atoms with Crippen molar-refractivity contribution in [2.45, 2.75) is 68.3 Å². The summed E-state index contributed by atoms with van der Waals surface area (Å²) in [4.78, 5) is 11.4. The molecular weight excluding hydrogens is 358 g/mol. The molecule has 26 heavy (non-hydrogen) atoms. The Morgan fingerprint density at radius 3 is 2.00 bits per heavy atom. The molecule has 0 saturated carbocycles. The monoisotopic (exact) mass is 383 g/mol. The Morgan fingerprint density at radius 2 is 1.46 bits per heavy atom. The highest BCUT2D eigenvalue weighted by Crippen LogP contribution is 2.28. The van der Waals surface area contributed by atoms with Gasteiger partial charge in [-0.25, -0.2) is 0 Å². The highest BCUT2D eigenvalue weighted by molar-refractivity contribution is 5.73. The molecule has 8 unspecified atom stereocenters. The van der Waals surface area contributed by atoms with E-state index in [4.69, 9.17) is 19.3 Å². The molecule has 12 heteroatoms. The van der Waals surface area contributed by atoms with E-state index in [9.17, 15) is 35.4 Å². The molecule has 2 aliphatic rings. The second-order valence-electron chi connectivity index (χ2n) is 6.26. The molecule has 0 aromatic carbocycles. The summed E-state index contributed by atoms with van der Waals surface area (Å²) >= 11 is 0. The third-order valence-corrected chi connectivity index (χ3v) is 4.38. The van der Waals surface area contributed by atoms with E-state index >= 15 is 0 Å². The van der Waals surface area contributed by atoms with Gasteiger partial charge in [-0.15, -0.1) is 0 Å². The van der Waals surface area contributed by atoms with Gasteiger partial charge in [-0.1, -0.05) is 0 Å². The molecule has 2 fully saturated rings. The van der Waals surface area contributed by atoms with Gasteiger partial charge in [-0.05, 0) is 0 Å². The Bertz CT molecular complexity index is 480. The van der Waals surface area contributed by atoms with Crippen molar-refractivity contribution >= 4 is 5.91 Å². The second-order valence-corrected chi connectivity index (χ2v) is 6.26. The lowest BCUT2D eigenvalue weighted by atomic mass is 9.96. The van der Waals surface area contributed by atoms with Crippen molar-refractivity contribution in [2.75, 3.05) is 13.2 Å². The zero-order chi connectivity index (χ0) is 19.6. The quantitative estimate of drug-likeness (QED) is 0.226. The Labute approximate surface area is 148 Å². The van der Waals surface area contributed by atoms with Crippen LogP contribution in [0.5, 0.6) is 0 Å². The maximum absolute atomic E-state index is 11.4. The van der Waals surface area contributed by atoms with E-state index in [1.54, 1.807) is 0 Å². The van der Waals surface area contributed by atoms with Crippen LogP contribution in [0.4, 0.5) is 0 Å². The van der Waals surface area contributed by atoms with E-state index in [0.717, 1.165) is 6.92 Å². The average Bonchev–Trinajstić information content (AvgIpc) is 2.60. The second kappa shape index (κ2) is 8.84. The SMILES string of the molecule is CC(=O)NC1C(OC2C(O)OC(CO)C(O)[C@@H]2O)OC(CO)C(O)[C@@H]1O. The van der Waals surface area contributed by atoms with Gasteiger partial charge in [0.15, 0.2) is 12.6 Å². The molecule has 152 valence electrons. The Kier molecular flexibility index (Phi) is 7.27. The highest BCUT2D eigenvalue weighted by Gasteiger charge is 2.50. The number of carbonyl (C=O) groups is 1. The van der Waals surface area contributed by atoms with Gasteiger partial charge < -0.3 is 55.3 Å². The molecule has 2 heterocycles. The molecule has 2 rings (SSSR count). The lowest BCUT2D eigenvalue weighted by Gasteiger charge is -2.46. The minimum absolute atomic E-state index is 0.581. The molecule has 0 aromatic heterocycles. The van der Waals surface area contributed by atoms with Crippen molar-refractivity contribution in [1.29, 1.82) is 0 Å². The Hall–Kier alpha value is -0.930. The normalized spacial score (nSPS) is 46.8. The number of rotatable bonds is 5. The third-order valence-electron chi connectivity index (χ3n) is 4.38. The summed E-state index contributed by atoms with van der Waals surface area (Å²) in [6.45, 7) is -0.183. The maximum atomic E-state index is 11.4. The molecule has 0 aromatic rings. The van der Waals surface area contributed by atoms with Gasteiger partial charge in [0.2, 0.25) is 5.91 Å². The van der Waals surface area contributed by atoms with Gasteiger partial charge in [-0.2, -0.15) is 0 Å². The predicted octanol–water partition coefficient (Wildman–Crippen LogP) is -5.25. The molecular formula is C14H25NO11. The molecule has 0 radical (unpaired) electrons. The maximum Gasteiger partial charge on any atom is 0.217 e. The number of hydrogen-bond acceptors (Lipinski definition) is 11. The molecule has 12 nitrogen and oxygen atoms in total. The molecule has 2 aliphatic heterocycles. The number of amides is 1. The zero-order valence-corrected chi connectivity index (χ0v) is 14.0. The van der Waals surface area contributed by atoms with Crippen LogP contribution in [0.2, 0.25) is 0 Å². The van der Waals surface area contributed by atoms with Crippen LogP contribution in [0.3, 0.4) is 0 Å². The standard InChI is InChI=1S/C14H25NO11/c1-4(18)15-7-10(21)8(19)6(3-17)25-14(7)26-12-11(22)9(20)5(2-16)24-13(12)23/h5-14,16-17,19-23H,2-3H2,1H3,(H,15,18)/t5?,6?,7?,8?,9?,10-,11+,12?,13?,14?/m1/s1. The van der Waals surface area contributed by atoms with Crippen LogP contribution in [0.1, 0.15) is 6.92 Å². The number of aliphatic hydroxyl groups is 7. The van der Waals surface area contributed by atoms with Crippen molar-refractivity contribution in [3.05, 3.63) is 0 Å². The number of aliphatic hydroxyl groups excluding tert-OH is 7. The van der Waals surface area contributed by atoms with E-state index in [1.807, 2.05) is 0 Å². The highest BCUT2D eigenvalue weighted by atomic mass is 16.7. The first-order valence-electron chi connectivity index (χ1n) is 8.06. The summed E-state index contributed by atoms with van der Waals surface area (Å²) in [7, 11) is 0. The first-order chi connectivity index (χ1) is 12.2. The van der Waals surface area contributed by atoms with Crippen LogP contribution in [-0.2, 0) is 19.0 Å². The fourth-order valence-electron chi connectivity index (χ4n) is 2.96. The Balaban J connectivity index is 2.18. The van der Waals surface area contributed by atoms with Crippen LogP contribution in [0.25, 0.3) is 0 Å². The number of hydrogen-bond donors (Lipinski definition) is 8. The van der Waals surface area contributed by atoms with E-state index in [1.165, 1.54) is 0 Å². The smallest absolute Gasteiger partial charge is 0.217 e. The molecule has 2 saturated heterocycles. The fraction of sp³-hybridized carbons (Fsp3) is 0.929. The lowest BCUT2D eigenvalue weighted by Crippen LogP contribution is -2.67. The van der Waals surface area contributed by atoms with Crippen LogP contribution in [0.15, 0.2) is 0 Å². The number of carbonyl (C=O) groups excluding carboxylic acids is 1. The van der Waals surface area contributed by atoms with Crippen molar-refractivity contribution in [3.63, 3.8) is 0 Å². The molecule has 0 aliphatic carbocycles. The van der Waals surface area contributed by atoms with Crippen LogP contribution >= 0.6 is 0 Å². The largest absolute Gasteiger partial charge is 0.394 e. The number of ether oxygens (including phenoxy) is 3. The third kappa shape index (κ3) is 4.31. The minimum atomic E-state index is -1.76. The predicted molar refractivity (Wildman–Crippen MR) is 80.2 cm³/mol. The molecule has 0 bridgehead atoms. The summed E-state index contributed by atoms with van der Waals surface area (Å²) in [5.74, 6) is -0.581. The summed E-state index contributed by atoms with van der Waals surface area (Å²) in [5, 5.41) is 70.7. The van der Waals surface area contributed by atoms with Crippen molar-refractivity contribution < 1.29 is 54.8 Å². The van der Waals surface area contributed by atoms with E-state index in [-0.39, 0.29) is 0 Å². The first-order valence-corrected chi connectivity index (χ1v) is 8.06. The van der Waals surface area contributed by atoms with Gasteiger partial charge in [-0.3, -0.25) is 4.79 Å². The summed E-state index contributed by atoms with van der Waals surface area (Å²) in [5.41, 5.74) is 0. The minimum Gasteiger partial charge on any atom is -0.394 e. The van der Waals surface area contributed by atoms with Gasteiger partial charge in [0.05, 0.1) is 13.2 Å². The topological polar surface area (TPSA) is 198 Å². The molecule has 0 spiro atoms. The van der Waals surface area contributed by atoms with Crippen LogP contribution in [-0.4, -0.2) is 116 Å². The van der Waals surface area contributed by atoms with Gasteiger partial charge >= 0.3 is 0 Å². The fourth-order valence-corrected chi connectivity index (χ4v) is 2.96. The van der Waals surface area contributed by atoms with Crippen LogP contribution < -0.4 is 5.32 Å². The summed E-state index contributed by atoms with van der Waals surface area (Å²) in [6, 6.07) is -1.29. The Morgan fingerprint density at radius 1 is 0.923 bits per heavy atom. The number of nitrogens with one attached hydrogen (secondary N) is 1. The zero-order valence-electron chi connectivity index (χ0n) is 14.0. The average molecular weight is 383 g/mol. The summed E-state index contributed by atoms with van der Waals surface area (Å²) in [6.07, 6.45) is -13.7. The van der Waals surface area contributed by atoms with E-state index in [0.29, 0.717) is 0 Å². The van der Waals surface area contributed by atoms with E-state index < -0.39 is 80.5 Å². The molecule has 8 N–H and O–H groups in total. The van der Waals surface area contributed by atoms with Gasteiger partial charge in [0, 0.05) is 6.92 Å². The van der Waals surface area contributed by atoms with Crippen molar-refractivity contribution in [3.8, 4) is 0 Å². The van der Waals surface area contributed by atoms with E-state index in [2.05, 4.69) is 5.32 Å². The first kappa shape index (κ1) is 21.4. The van der Waals surface area contributed by atoms with Gasteiger partial charge in [0.25, 0.3) is 0 Å². The summed E-state index contributed by atoms with van der Waals surface area (Å²) < 4.78 is 15.7. The van der Waals surface area contributed by atoms with Gasteiger partial charge in [0.1, 0.15) is 48.8 Å². The molecule has 1 amide bonds. The molecule has 10 atom stereocenters.